The Morgan fingerprint density at radius 2 is 2.00 bits per heavy atom. The van der Waals surface area contributed by atoms with Gasteiger partial charge in [-0.25, -0.2) is 0 Å². The maximum absolute atomic E-state index is 11.8. The molecule has 0 heterocycles. The Morgan fingerprint density at radius 3 is 2.08 bits per heavy atom. The quantitative estimate of drug-likeness (QED) is 0.733. The number of carbonyl (C=O) groups is 1. The summed E-state index contributed by atoms with van der Waals surface area (Å²) in [6.07, 6.45) is -3.79. The van der Waals surface area contributed by atoms with Crippen molar-refractivity contribution in [3.05, 3.63) is 0 Å². The van der Waals surface area contributed by atoms with E-state index in [4.69, 9.17) is 5.11 Å². The molecule has 0 radical (unpaired) electrons. The highest BCUT2D eigenvalue weighted by molar-refractivity contribution is 7.84. The molecule has 0 bridgehead atoms. The molecule has 0 aromatic heterocycles. The van der Waals surface area contributed by atoms with Gasteiger partial charge in [-0.3, -0.25) is 9.00 Å². The zero-order valence-electron chi connectivity index (χ0n) is 6.09. The molecule has 2 unspecified atom stereocenters. The Hall–Kier alpha value is -0.590. The number of aliphatic carboxylic acids is 1. The van der Waals surface area contributed by atoms with Gasteiger partial charge in [0.25, 0.3) is 0 Å². The van der Waals surface area contributed by atoms with E-state index < -0.39 is 34.6 Å². The second-order valence-corrected chi connectivity index (χ2v) is 3.65. The van der Waals surface area contributed by atoms with E-state index in [-0.39, 0.29) is 0 Å². The van der Waals surface area contributed by atoms with Crippen molar-refractivity contribution in [1.82, 2.24) is 0 Å². The number of carboxylic acids is 1. The lowest BCUT2D eigenvalue weighted by Gasteiger charge is -2.13. The van der Waals surface area contributed by atoms with Crippen LogP contribution in [0.5, 0.6) is 0 Å². The molecule has 0 saturated carbocycles. The zero-order valence-corrected chi connectivity index (χ0v) is 6.91. The molecule has 0 aliphatic rings. The van der Waals surface area contributed by atoms with E-state index in [1.807, 2.05) is 0 Å². The fourth-order valence-electron chi connectivity index (χ4n) is 0.540. The normalized spacial score (nSPS) is 17.0. The van der Waals surface area contributed by atoms with E-state index in [1.54, 1.807) is 0 Å². The molecule has 7 heteroatoms. The summed E-state index contributed by atoms with van der Waals surface area (Å²) in [6.45, 7) is 0. The third-order valence-corrected chi connectivity index (χ3v) is 1.90. The molecule has 0 fully saturated rings. The number of carboxylic acid groups (broad SMARTS) is 1. The lowest BCUT2D eigenvalue weighted by Crippen LogP contribution is -2.34. The third kappa shape index (κ3) is 3.70. The van der Waals surface area contributed by atoms with Crippen LogP contribution in [0.1, 0.15) is 0 Å². The van der Waals surface area contributed by atoms with Crippen LogP contribution in [0.2, 0.25) is 0 Å². The largest absolute Gasteiger partial charge is 0.481 e. The van der Waals surface area contributed by atoms with Gasteiger partial charge in [-0.05, 0) is 0 Å². The van der Waals surface area contributed by atoms with Crippen LogP contribution in [0.15, 0.2) is 0 Å². The molecule has 0 aliphatic heterocycles. The van der Waals surface area contributed by atoms with Gasteiger partial charge in [-0.15, -0.1) is 0 Å². The minimum absolute atomic E-state index is 0.890. The van der Waals surface area contributed by atoms with Crippen molar-refractivity contribution >= 4 is 16.8 Å². The highest BCUT2D eigenvalue weighted by Gasteiger charge is 2.45. The summed E-state index contributed by atoms with van der Waals surface area (Å²) in [5.74, 6) is -5.40. The van der Waals surface area contributed by atoms with Crippen LogP contribution in [-0.4, -0.2) is 33.5 Å². The second-order valence-electron chi connectivity index (χ2n) is 2.17. The van der Waals surface area contributed by atoms with Crippen LogP contribution in [0.25, 0.3) is 0 Å². The predicted molar refractivity (Wildman–Crippen MR) is 36.1 cm³/mol. The number of halogens is 3. The number of hydrogen-bond acceptors (Lipinski definition) is 2. The second kappa shape index (κ2) is 3.88. The van der Waals surface area contributed by atoms with Gasteiger partial charge in [0.15, 0.2) is 5.92 Å². The minimum atomic E-state index is -4.82. The van der Waals surface area contributed by atoms with E-state index >= 15 is 0 Å². The average molecular weight is 204 g/mol. The Labute approximate surface area is 69.0 Å². The Kier molecular flexibility index (Phi) is 3.69. The van der Waals surface area contributed by atoms with Crippen LogP contribution in [0, 0.1) is 5.92 Å². The molecular formula is C5H7F3O3S. The Balaban J connectivity index is 4.46. The zero-order chi connectivity index (χ0) is 9.94. The van der Waals surface area contributed by atoms with Crippen LogP contribution < -0.4 is 0 Å². The molecule has 0 aromatic rings. The van der Waals surface area contributed by atoms with Gasteiger partial charge >= 0.3 is 12.1 Å². The molecule has 3 nitrogen and oxygen atoms in total. The van der Waals surface area contributed by atoms with Crippen LogP contribution in [0.4, 0.5) is 13.2 Å². The van der Waals surface area contributed by atoms with Gasteiger partial charge in [-0.2, -0.15) is 13.2 Å². The first kappa shape index (κ1) is 11.4. The summed E-state index contributed by atoms with van der Waals surface area (Å²) in [4.78, 5) is 10.0. The molecule has 0 spiro atoms. The molecule has 2 atom stereocenters. The van der Waals surface area contributed by atoms with Crippen molar-refractivity contribution in [1.29, 1.82) is 0 Å². The summed E-state index contributed by atoms with van der Waals surface area (Å²) in [7, 11) is -1.76. The van der Waals surface area contributed by atoms with E-state index in [0.29, 0.717) is 0 Å². The van der Waals surface area contributed by atoms with Gasteiger partial charge in [0, 0.05) is 22.8 Å². The highest BCUT2D eigenvalue weighted by Crippen LogP contribution is 2.26. The van der Waals surface area contributed by atoms with E-state index in [0.717, 1.165) is 6.26 Å². The molecule has 0 amide bonds. The smallest absolute Gasteiger partial charge is 0.403 e. The summed E-state index contributed by atoms with van der Waals surface area (Å²) < 4.78 is 45.8. The van der Waals surface area contributed by atoms with Crippen molar-refractivity contribution in [2.24, 2.45) is 5.92 Å². The topological polar surface area (TPSA) is 54.4 Å². The van der Waals surface area contributed by atoms with E-state index in [1.165, 1.54) is 0 Å². The fraction of sp³-hybridized carbons (Fsp3) is 0.800. The summed E-state index contributed by atoms with van der Waals surface area (Å²) in [5.41, 5.74) is 0. The molecular weight excluding hydrogens is 197 g/mol. The van der Waals surface area contributed by atoms with Crippen molar-refractivity contribution in [3.63, 3.8) is 0 Å². The molecule has 0 saturated heterocycles. The molecule has 72 valence electrons. The van der Waals surface area contributed by atoms with Crippen LogP contribution >= 0.6 is 0 Å². The summed E-state index contributed by atoms with van der Waals surface area (Å²) in [6, 6.07) is 0. The van der Waals surface area contributed by atoms with Crippen molar-refractivity contribution in [2.45, 2.75) is 6.18 Å². The summed E-state index contributed by atoms with van der Waals surface area (Å²) in [5, 5.41) is 8.10. The van der Waals surface area contributed by atoms with Gasteiger partial charge in [0.05, 0.1) is 0 Å². The van der Waals surface area contributed by atoms with Crippen LogP contribution in [0.3, 0.4) is 0 Å². The number of rotatable bonds is 3. The highest BCUT2D eigenvalue weighted by atomic mass is 32.2. The van der Waals surface area contributed by atoms with Gasteiger partial charge in [0.2, 0.25) is 0 Å². The SMILES string of the molecule is CS(=O)CC(C(=O)O)C(F)(F)F. The maximum atomic E-state index is 11.8. The van der Waals surface area contributed by atoms with Crippen LogP contribution in [-0.2, 0) is 15.6 Å². The molecule has 12 heavy (non-hydrogen) atoms. The first-order chi connectivity index (χ1) is 5.25. The third-order valence-electron chi connectivity index (χ3n) is 1.09. The standard InChI is InChI=1S/C5H7F3O3S/c1-12(11)2-3(4(9)10)5(6,7)8/h3H,2H2,1H3,(H,9,10). The molecule has 1 N–H and O–H groups in total. The van der Waals surface area contributed by atoms with Crippen molar-refractivity contribution in [2.75, 3.05) is 12.0 Å². The molecule has 0 aromatic carbocycles. The first-order valence-corrected chi connectivity index (χ1v) is 4.57. The van der Waals surface area contributed by atoms with Crippen molar-refractivity contribution in [3.8, 4) is 0 Å². The van der Waals surface area contributed by atoms with Gasteiger partial charge in [-0.1, -0.05) is 0 Å². The van der Waals surface area contributed by atoms with Gasteiger partial charge < -0.3 is 5.11 Å². The van der Waals surface area contributed by atoms with E-state index in [2.05, 4.69) is 0 Å². The fourth-order valence-corrected chi connectivity index (χ4v) is 1.34. The Morgan fingerprint density at radius 1 is 1.58 bits per heavy atom. The van der Waals surface area contributed by atoms with E-state index in [9.17, 15) is 22.2 Å². The lowest BCUT2D eigenvalue weighted by atomic mass is 10.2. The van der Waals surface area contributed by atoms with Gasteiger partial charge in [0.1, 0.15) is 0 Å². The lowest BCUT2D eigenvalue weighted by molar-refractivity contribution is -0.188. The molecule has 0 rings (SSSR count). The number of hydrogen-bond donors (Lipinski definition) is 1. The minimum Gasteiger partial charge on any atom is -0.481 e. The average Bonchev–Trinajstić information content (AvgIpc) is 1.79. The first-order valence-electron chi connectivity index (χ1n) is 2.84. The van der Waals surface area contributed by atoms with Crippen molar-refractivity contribution < 1.29 is 27.3 Å². The maximum Gasteiger partial charge on any atom is 0.403 e. The molecule has 0 aliphatic carbocycles. The summed E-state index contributed by atoms with van der Waals surface area (Å²) >= 11 is 0. The Bertz CT molecular complexity index is 201. The predicted octanol–water partition coefficient (Wildman–Crippen LogP) is 0.628. The number of alkyl halides is 3. The monoisotopic (exact) mass is 204 g/mol.